The van der Waals surface area contributed by atoms with Gasteiger partial charge in [-0.15, -0.1) is 0 Å². The zero-order valence-electron chi connectivity index (χ0n) is 24.3. The molecule has 1 atom stereocenters. The number of nitro benzene ring substituents is 1. The molecule has 0 saturated carbocycles. The third-order valence-corrected chi connectivity index (χ3v) is 7.74. The Morgan fingerprint density at radius 2 is 1.50 bits per heavy atom. The van der Waals surface area contributed by atoms with E-state index in [2.05, 4.69) is 13.8 Å². The summed E-state index contributed by atoms with van der Waals surface area (Å²) >= 11 is 0. The molecule has 1 aromatic heterocycles. The average Bonchev–Trinajstić information content (AvgIpc) is 3.60. The molecule has 9 nitrogen and oxygen atoms in total. The first-order valence-electron chi connectivity index (χ1n) is 14.9. The highest BCUT2D eigenvalue weighted by atomic mass is 16.7. The van der Waals surface area contributed by atoms with E-state index in [1.807, 2.05) is 36.4 Å². The van der Waals surface area contributed by atoms with Crippen LogP contribution >= 0.6 is 0 Å². The van der Waals surface area contributed by atoms with Crippen molar-refractivity contribution in [3.63, 3.8) is 0 Å². The van der Waals surface area contributed by atoms with Crippen LogP contribution in [0.1, 0.15) is 82.4 Å². The summed E-state index contributed by atoms with van der Waals surface area (Å²) in [5.41, 5.74) is 1.63. The van der Waals surface area contributed by atoms with Gasteiger partial charge in [0.05, 0.1) is 16.6 Å². The lowest BCUT2D eigenvalue weighted by Crippen LogP contribution is -2.34. The first-order chi connectivity index (χ1) is 20.5. The van der Waals surface area contributed by atoms with Crippen molar-refractivity contribution < 1.29 is 28.3 Å². The molecule has 2 heterocycles. The number of carbonyl (C=O) groups is 1. The Morgan fingerprint density at radius 3 is 2.14 bits per heavy atom. The van der Waals surface area contributed by atoms with E-state index in [0.717, 1.165) is 56.8 Å². The molecule has 0 fully saturated rings. The highest BCUT2D eigenvalue weighted by Crippen LogP contribution is 2.43. The molecular formula is C33H38N2O7. The number of benzene rings is 3. The Morgan fingerprint density at radius 1 is 0.881 bits per heavy atom. The van der Waals surface area contributed by atoms with Crippen molar-refractivity contribution in [3.05, 3.63) is 75.8 Å². The molecule has 1 unspecified atom stereocenters. The fourth-order valence-electron chi connectivity index (χ4n) is 5.45. The molecule has 0 spiro atoms. The maximum atomic E-state index is 13.7. The fourth-order valence-corrected chi connectivity index (χ4v) is 5.45. The van der Waals surface area contributed by atoms with Crippen molar-refractivity contribution in [3.8, 4) is 11.5 Å². The number of fused-ring (bicyclic) bond motifs is 4. The topological polar surface area (TPSA) is 104 Å². The van der Waals surface area contributed by atoms with E-state index in [-0.39, 0.29) is 18.0 Å². The molecule has 4 aromatic rings. The van der Waals surface area contributed by atoms with Crippen LogP contribution in [0.25, 0.3) is 21.9 Å². The maximum absolute atomic E-state index is 13.7. The van der Waals surface area contributed by atoms with E-state index in [0.29, 0.717) is 46.7 Å². The minimum atomic E-state index is -0.990. The highest BCUT2D eigenvalue weighted by Gasteiger charge is 2.31. The number of amides is 1. The summed E-state index contributed by atoms with van der Waals surface area (Å²) < 4.78 is 23.3. The Kier molecular flexibility index (Phi) is 9.46. The molecule has 3 aromatic carbocycles. The van der Waals surface area contributed by atoms with Gasteiger partial charge in [0.25, 0.3) is 5.69 Å². The number of furan rings is 1. The van der Waals surface area contributed by atoms with Gasteiger partial charge in [-0.1, -0.05) is 82.7 Å². The Balaban J connectivity index is 1.53. The fraction of sp³-hybridized carbons (Fsp3) is 0.424. The van der Waals surface area contributed by atoms with Gasteiger partial charge in [0.2, 0.25) is 6.79 Å². The Hall–Kier alpha value is -4.27. The number of nitro groups is 1. The first-order valence-corrected chi connectivity index (χ1v) is 14.9. The summed E-state index contributed by atoms with van der Waals surface area (Å²) in [6.45, 7) is 5.61. The third kappa shape index (κ3) is 6.45. The second-order valence-electron chi connectivity index (χ2n) is 10.8. The van der Waals surface area contributed by atoms with Gasteiger partial charge in [0.1, 0.15) is 11.2 Å². The smallest absolute Gasteiger partial charge is 0.410 e. The number of unbranched alkanes of at least 4 members (excludes halogenated alkanes) is 6. The molecule has 222 valence electrons. The third-order valence-electron chi connectivity index (χ3n) is 7.74. The van der Waals surface area contributed by atoms with Gasteiger partial charge < -0.3 is 23.5 Å². The molecule has 0 radical (unpaired) electrons. The summed E-state index contributed by atoms with van der Waals surface area (Å²) in [5, 5.41) is 13.8. The Bertz CT molecular complexity index is 1520. The molecule has 0 aliphatic carbocycles. The largest absolute Gasteiger partial charge is 0.456 e. The van der Waals surface area contributed by atoms with Gasteiger partial charge in [0, 0.05) is 29.9 Å². The van der Waals surface area contributed by atoms with E-state index < -0.39 is 17.1 Å². The molecule has 1 aliphatic rings. The summed E-state index contributed by atoms with van der Waals surface area (Å²) in [6.07, 6.45) is 6.81. The lowest BCUT2D eigenvalue weighted by atomic mass is 9.97. The van der Waals surface area contributed by atoms with Gasteiger partial charge in [0.15, 0.2) is 17.6 Å². The van der Waals surface area contributed by atoms with Crippen molar-refractivity contribution in [1.82, 2.24) is 4.90 Å². The number of hydrogen-bond donors (Lipinski definition) is 0. The van der Waals surface area contributed by atoms with Gasteiger partial charge in [-0.2, -0.15) is 0 Å². The van der Waals surface area contributed by atoms with Crippen molar-refractivity contribution in [1.29, 1.82) is 0 Å². The van der Waals surface area contributed by atoms with Crippen LogP contribution in [0.4, 0.5) is 10.5 Å². The highest BCUT2D eigenvalue weighted by molar-refractivity contribution is 6.07. The molecule has 9 heteroatoms. The maximum Gasteiger partial charge on any atom is 0.410 e. The molecule has 5 rings (SSSR count). The van der Waals surface area contributed by atoms with Crippen molar-refractivity contribution in [2.24, 2.45) is 0 Å². The second kappa shape index (κ2) is 13.6. The lowest BCUT2D eigenvalue weighted by Gasteiger charge is -2.26. The zero-order chi connectivity index (χ0) is 29.5. The molecule has 1 aliphatic heterocycles. The molecule has 1 amide bonds. The van der Waals surface area contributed by atoms with Crippen molar-refractivity contribution in [2.75, 3.05) is 19.9 Å². The minimum Gasteiger partial charge on any atom is -0.456 e. The van der Waals surface area contributed by atoms with Crippen LogP contribution in [-0.4, -0.2) is 35.8 Å². The number of hydrogen-bond acceptors (Lipinski definition) is 7. The van der Waals surface area contributed by atoms with Gasteiger partial charge in [-0.05, 0) is 30.5 Å². The van der Waals surface area contributed by atoms with E-state index >= 15 is 0 Å². The van der Waals surface area contributed by atoms with Crippen LogP contribution in [-0.2, 0) is 4.74 Å². The van der Waals surface area contributed by atoms with Gasteiger partial charge >= 0.3 is 6.09 Å². The second-order valence-corrected chi connectivity index (χ2v) is 10.8. The summed E-state index contributed by atoms with van der Waals surface area (Å²) in [5.74, 6) is 1.14. The Labute approximate surface area is 245 Å². The molecular weight excluding hydrogens is 536 g/mol. The molecule has 0 N–H and O–H groups in total. The van der Waals surface area contributed by atoms with E-state index in [4.69, 9.17) is 18.6 Å². The minimum absolute atomic E-state index is 0.121. The zero-order valence-corrected chi connectivity index (χ0v) is 24.3. The molecule has 0 saturated heterocycles. The summed E-state index contributed by atoms with van der Waals surface area (Å²) in [4.78, 5) is 27.4. The monoisotopic (exact) mass is 574 g/mol. The van der Waals surface area contributed by atoms with Crippen LogP contribution in [0.3, 0.4) is 0 Å². The number of carbonyl (C=O) groups excluding carboxylic acids is 1. The lowest BCUT2D eigenvalue weighted by molar-refractivity contribution is -0.385. The summed E-state index contributed by atoms with van der Waals surface area (Å²) in [6, 6.07) is 15.8. The van der Waals surface area contributed by atoms with Crippen LogP contribution in [0.5, 0.6) is 11.5 Å². The molecule has 0 bridgehead atoms. The predicted molar refractivity (Wildman–Crippen MR) is 161 cm³/mol. The SMILES string of the molecule is CCCCCCN(CCCCCC)C(=O)OC(c1ccccc1)c1cc2c(cc1[N+](=O)[O-])oc1cc3c(cc12)OCO3. The normalized spacial score (nSPS) is 13.0. The van der Waals surface area contributed by atoms with Crippen molar-refractivity contribution >= 4 is 33.7 Å². The van der Waals surface area contributed by atoms with Gasteiger partial charge in [-0.25, -0.2) is 4.79 Å². The van der Waals surface area contributed by atoms with Crippen LogP contribution in [0.2, 0.25) is 0 Å². The standard InChI is InChI=1S/C33H38N2O7/c1-3-5-7-12-16-34(17-13-8-6-4-2)33(36)42-32(23-14-10-9-11-15-23)26-18-24-25-19-30-31(40-22-39-30)21-29(25)41-28(24)20-27(26)35(37)38/h9-11,14-15,18-21,32H,3-8,12-13,16-17,22H2,1-2H3. The first kappa shape index (κ1) is 29.2. The van der Waals surface area contributed by atoms with E-state index in [1.54, 1.807) is 17.0 Å². The average molecular weight is 575 g/mol. The van der Waals surface area contributed by atoms with Crippen molar-refractivity contribution in [2.45, 2.75) is 71.3 Å². The quantitative estimate of drug-likeness (QED) is 0.0841. The number of nitrogens with zero attached hydrogens (tertiary/aromatic N) is 2. The summed E-state index contributed by atoms with van der Waals surface area (Å²) in [7, 11) is 0. The van der Waals surface area contributed by atoms with Gasteiger partial charge in [-0.3, -0.25) is 10.1 Å². The van der Waals surface area contributed by atoms with E-state index in [1.165, 1.54) is 6.07 Å². The van der Waals surface area contributed by atoms with Crippen LogP contribution in [0, 0.1) is 10.1 Å². The predicted octanol–water partition coefficient (Wildman–Crippen LogP) is 8.91. The number of ether oxygens (including phenoxy) is 3. The number of rotatable bonds is 14. The van der Waals surface area contributed by atoms with Crippen LogP contribution < -0.4 is 9.47 Å². The van der Waals surface area contributed by atoms with E-state index in [9.17, 15) is 14.9 Å². The molecule has 42 heavy (non-hydrogen) atoms. The van der Waals surface area contributed by atoms with Crippen LogP contribution in [0.15, 0.2) is 59.0 Å².